The average molecular weight is 454 g/mol. The van der Waals surface area contributed by atoms with Crippen molar-refractivity contribution in [2.24, 2.45) is 0 Å². The first kappa shape index (κ1) is 21.8. The maximum absolute atomic E-state index is 5.86. The monoisotopic (exact) mass is 453 g/mol. The lowest BCUT2D eigenvalue weighted by atomic mass is 9.99. The van der Waals surface area contributed by atoms with Crippen LogP contribution in [0.5, 0.6) is 23.0 Å². The summed E-state index contributed by atoms with van der Waals surface area (Å²) in [5.41, 5.74) is 3.04. The van der Waals surface area contributed by atoms with Gasteiger partial charge in [-0.05, 0) is 66.3 Å². The van der Waals surface area contributed by atoms with Gasteiger partial charge in [0, 0.05) is 30.7 Å². The highest BCUT2D eigenvalue weighted by Gasteiger charge is 2.32. The fraction of sp³-hybridized carbons (Fsp3) is 0.292. The Labute approximate surface area is 193 Å². The van der Waals surface area contributed by atoms with Gasteiger partial charge in [-0.1, -0.05) is 0 Å². The molecule has 1 aromatic heterocycles. The van der Waals surface area contributed by atoms with Crippen LogP contribution in [0, 0.1) is 0 Å². The first-order valence-corrected chi connectivity index (χ1v) is 10.7. The molecule has 3 aromatic rings. The number of hydrogen-bond acceptors (Lipinski definition) is 5. The molecule has 0 amide bonds. The largest absolute Gasteiger partial charge is 0.497 e. The summed E-state index contributed by atoms with van der Waals surface area (Å²) in [5.74, 6) is 2.59. The lowest BCUT2D eigenvalue weighted by Crippen LogP contribution is -2.44. The van der Waals surface area contributed by atoms with E-state index in [0.29, 0.717) is 22.4 Å². The molecule has 1 N–H and O–H groups in total. The molecule has 0 saturated heterocycles. The van der Waals surface area contributed by atoms with Crippen LogP contribution in [0.25, 0.3) is 0 Å². The maximum Gasteiger partial charge on any atom is 0.203 e. The van der Waals surface area contributed by atoms with E-state index in [2.05, 4.69) is 33.1 Å². The molecule has 0 bridgehead atoms. The minimum absolute atomic E-state index is 0.120. The van der Waals surface area contributed by atoms with Crippen molar-refractivity contribution in [1.82, 2.24) is 9.47 Å². The number of anilines is 1. The zero-order valence-electron chi connectivity index (χ0n) is 18.6. The smallest absolute Gasteiger partial charge is 0.203 e. The van der Waals surface area contributed by atoms with Crippen molar-refractivity contribution in [2.45, 2.75) is 12.6 Å². The number of nitrogens with one attached hydrogen (secondary N) is 1. The molecule has 0 aliphatic carbocycles. The lowest BCUT2D eigenvalue weighted by molar-refractivity contribution is 0.288. The van der Waals surface area contributed by atoms with Crippen molar-refractivity contribution in [3.05, 3.63) is 66.0 Å². The fourth-order valence-corrected chi connectivity index (χ4v) is 4.40. The molecule has 7 nitrogen and oxygen atoms in total. The Morgan fingerprint density at radius 1 is 0.906 bits per heavy atom. The third-order valence-corrected chi connectivity index (χ3v) is 5.98. The normalized spacial score (nSPS) is 15.0. The lowest BCUT2D eigenvalue weighted by Gasteiger charge is -2.39. The molecule has 0 radical (unpaired) electrons. The summed E-state index contributed by atoms with van der Waals surface area (Å²) in [6.07, 6.45) is 2.09. The van der Waals surface area contributed by atoms with E-state index in [-0.39, 0.29) is 6.04 Å². The molecule has 32 heavy (non-hydrogen) atoms. The summed E-state index contributed by atoms with van der Waals surface area (Å²) in [7, 11) is 6.50. The molecule has 168 valence electrons. The number of methoxy groups -OCH3 is 4. The maximum atomic E-state index is 5.86. The Morgan fingerprint density at radius 3 is 2.19 bits per heavy atom. The van der Waals surface area contributed by atoms with Crippen molar-refractivity contribution in [3.8, 4) is 23.0 Å². The number of rotatable bonds is 6. The van der Waals surface area contributed by atoms with E-state index < -0.39 is 0 Å². The van der Waals surface area contributed by atoms with Crippen LogP contribution in [-0.2, 0) is 6.54 Å². The van der Waals surface area contributed by atoms with Gasteiger partial charge in [0.05, 0.1) is 34.5 Å². The molecular weight excluding hydrogens is 426 g/mol. The molecule has 0 spiro atoms. The quantitative estimate of drug-likeness (QED) is 0.558. The van der Waals surface area contributed by atoms with Crippen molar-refractivity contribution in [2.75, 3.05) is 40.3 Å². The first-order chi connectivity index (χ1) is 15.6. The number of ether oxygens (including phenoxy) is 4. The summed E-state index contributed by atoms with van der Waals surface area (Å²) < 4.78 is 24.2. The molecule has 0 saturated carbocycles. The summed E-state index contributed by atoms with van der Waals surface area (Å²) in [6.45, 7) is 1.60. The highest BCUT2D eigenvalue weighted by molar-refractivity contribution is 7.80. The minimum atomic E-state index is -0.120. The number of fused-ring (bicyclic) bond motifs is 1. The molecule has 1 aliphatic heterocycles. The summed E-state index contributed by atoms with van der Waals surface area (Å²) >= 11 is 5.86. The molecule has 0 unspecified atom stereocenters. The Balaban J connectivity index is 1.72. The third-order valence-electron chi connectivity index (χ3n) is 5.64. The van der Waals surface area contributed by atoms with Crippen LogP contribution in [0.15, 0.2) is 54.7 Å². The summed E-state index contributed by atoms with van der Waals surface area (Å²) in [5, 5.41) is 4.01. The Hall–Kier alpha value is -3.39. The van der Waals surface area contributed by atoms with E-state index >= 15 is 0 Å². The number of thiocarbonyl (C=S) groups is 1. The SMILES string of the molecule is COc1ccc(NC(=S)N2CCn3cccc3[C@H]2c2cc(OC)c(OC)c(OC)c2)cc1. The Morgan fingerprint density at radius 2 is 1.59 bits per heavy atom. The second kappa shape index (κ2) is 9.40. The van der Waals surface area contributed by atoms with Gasteiger partial charge in [-0.3, -0.25) is 0 Å². The van der Waals surface area contributed by atoms with Gasteiger partial charge in [0.2, 0.25) is 5.75 Å². The second-order valence-electron chi connectivity index (χ2n) is 7.34. The molecule has 2 aromatic carbocycles. The number of hydrogen-bond donors (Lipinski definition) is 1. The van der Waals surface area contributed by atoms with Gasteiger partial charge in [-0.25, -0.2) is 0 Å². The molecular formula is C24H27N3O4S. The Kier molecular flexibility index (Phi) is 6.41. The predicted octanol–water partition coefficient (Wildman–Crippen LogP) is 4.32. The van der Waals surface area contributed by atoms with E-state index in [1.54, 1.807) is 28.4 Å². The van der Waals surface area contributed by atoms with Crippen molar-refractivity contribution < 1.29 is 18.9 Å². The van der Waals surface area contributed by atoms with Gasteiger partial charge in [0.25, 0.3) is 0 Å². The zero-order chi connectivity index (χ0) is 22.7. The molecule has 4 rings (SSSR count). The van der Waals surface area contributed by atoms with Gasteiger partial charge in [-0.2, -0.15) is 0 Å². The topological polar surface area (TPSA) is 57.1 Å². The molecule has 1 aliphatic rings. The first-order valence-electron chi connectivity index (χ1n) is 10.3. The van der Waals surface area contributed by atoms with Crippen LogP contribution in [-0.4, -0.2) is 49.6 Å². The number of benzene rings is 2. The fourth-order valence-electron chi connectivity index (χ4n) is 4.08. The van der Waals surface area contributed by atoms with Crippen molar-refractivity contribution in [1.29, 1.82) is 0 Å². The van der Waals surface area contributed by atoms with Crippen LogP contribution in [0.3, 0.4) is 0 Å². The van der Waals surface area contributed by atoms with Gasteiger partial charge in [0.15, 0.2) is 16.6 Å². The third kappa shape index (κ3) is 4.05. The van der Waals surface area contributed by atoms with E-state index in [9.17, 15) is 0 Å². The minimum Gasteiger partial charge on any atom is -0.497 e. The van der Waals surface area contributed by atoms with Gasteiger partial charge in [0.1, 0.15) is 5.75 Å². The standard InChI is InChI=1S/C24H27N3O4S/c1-28-18-9-7-17(8-10-18)25-24(32)27-13-12-26-11-5-6-19(26)22(27)16-14-20(29-2)23(31-4)21(15-16)30-3/h5-11,14-15,22H,12-13H2,1-4H3,(H,25,32)/t22-/m1/s1. The van der Waals surface area contributed by atoms with Crippen molar-refractivity contribution in [3.63, 3.8) is 0 Å². The summed E-state index contributed by atoms with van der Waals surface area (Å²) in [6, 6.07) is 15.7. The van der Waals surface area contributed by atoms with Crippen LogP contribution in [0.1, 0.15) is 17.3 Å². The van der Waals surface area contributed by atoms with Gasteiger partial charge < -0.3 is 33.7 Å². The zero-order valence-corrected chi connectivity index (χ0v) is 19.4. The van der Waals surface area contributed by atoms with E-state index in [1.807, 2.05) is 36.4 Å². The van der Waals surface area contributed by atoms with Crippen LogP contribution < -0.4 is 24.3 Å². The highest BCUT2D eigenvalue weighted by atomic mass is 32.1. The predicted molar refractivity (Wildman–Crippen MR) is 128 cm³/mol. The molecule has 1 atom stereocenters. The van der Waals surface area contributed by atoms with Gasteiger partial charge in [-0.15, -0.1) is 0 Å². The van der Waals surface area contributed by atoms with Crippen LogP contribution in [0.4, 0.5) is 5.69 Å². The molecule has 0 fully saturated rings. The van der Waals surface area contributed by atoms with E-state index in [0.717, 1.165) is 35.8 Å². The molecule has 2 heterocycles. The molecule has 8 heteroatoms. The van der Waals surface area contributed by atoms with Crippen LogP contribution >= 0.6 is 12.2 Å². The average Bonchev–Trinajstić information content (AvgIpc) is 3.31. The number of aromatic nitrogens is 1. The number of nitrogens with zero attached hydrogens (tertiary/aromatic N) is 2. The van der Waals surface area contributed by atoms with Crippen molar-refractivity contribution >= 4 is 23.0 Å². The Bertz CT molecular complexity index is 1070. The van der Waals surface area contributed by atoms with Crippen LogP contribution in [0.2, 0.25) is 0 Å². The van der Waals surface area contributed by atoms with E-state index in [1.165, 1.54) is 0 Å². The second-order valence-corrected chi connectivity index (χ2v) is 7.73. The summed E-state index contributed by atoms with van der Waals surface area (Å²) in [4.78, 5) is 2.19. The van der Waals surface area contributed by atoms with Gasteiger partial charge >= 0.3 is 0 Å². The highest BCUT2D eigenvalue weighted by Crippen LogP contribution is 2.43. The van der Waals surface area contributed by atoms with E-state index in [4.69, 9.17) is 31.2 Å².